The Morgan fingerprint density at radius 3 is 2.38 bits per heavy atom. The van der Waals surface area contributed by atoms with Crippen LogP contribution in [0.15, 0.2) is 30.6 Å². The highest BCUT2D eigenvalue weighted by molar-refractivity contribution is 6.76. The van der Waals surface area contributed by atoms with Crippen LogP contribution in [0.2, 0.25) is 25.7 Å². The number of nitrogens with zero attached hydrogens (tertiary/aromatic N) is 2. The van der Waals surface area contributed by atoms with E-state index in [-0.39, 0.29) is 24.6 Å². The Labute approximate surface area is 221 Å². The number of hydrogen-bond acceptors (Lipinski definition) is 5. The summed E-state index contributed by atoms with van der Waals surface area (Å²) in [5.74, 6) is -4.53. The lowest BCUT2D eigenvalue weighted by Gasteiger charge is -2.15. The number of halogens is 5. The third kappa shape index (κ3) is 7.89. The minimum absolute atomic E-state index is 0.139. The summed E-state index contributed by atoms with van der Waals surface area (Å²) >= 11 is 0. The molecule has 15 heteroatoms. The molecule has 3 amide bonds. The van der Waals surface area contributed by atoms with Gasteiger partial charge in [-0.05, 0) is 12.1 Å². The average molecular weight is 574 g/mol. The van der Waals surface area contributed by atoms with Crippen molar-refractivity contribution in [1.29, 1.82) is 0 Å². The van der Waals surface area contributed by atoms with Crippen molar-refractivity contribution in [3.8, 4) is 11.5 Å². The molecule has 0 spiro atoms. The van der Waals surface area contributed by atoms with Gasteiger partial charge in [-0.1, -0.05) is 19.6 Å². The molecule has 39 heavy (non-hydrogen) atoms. The molecule has 0 aliphatic rings. The van der Waals surface area contributed by atoms with E-state index < -0.39 is 60.3 Å². The normalized spacial score (nSPS) is 11.9. The maximum atomic E-state index is 14.8. The van der Waals surface area contributed by atoms with Gasteiger partial charge in [0.1, 0.15) is 18.1 Å². The van der Waals surface area contributed by atoms with E-state index in [0.717, 1.165) is 41.2 Å². The Bertz CT molecular complexity index is 1330. The number of urea groups is 1. The Balaban J connectivity index is 1.88. The number of anilines is 1. The van der Waals surface area contributed by atoms with E-state index >= 15 is 0 Å². The maximum Gasteiger partial charge on any atom is 0.418 e. The van der Waals surface area contributed by atoms with Gasteiger partial charge in [0, 0.05) is 51.9 Å². The van der Waals surface area contributed by atoms with E-state index in [9.17, 15) is 31.5 Å². The number of ether oxygens (including phenoxy) is 2. The molecule has 2 heterocycles. The first-order valence-electron chi connectivity index (χ1n) is 11.7. The fourth-order valence-corrected chi connectivity index (χ4v) is 4.15. The number of carbonyl (C=O) groups excluding carboxylic acids is 2. The van der Waals surface area contributed by atoms with Crippen molar-refractivity contribution < 1.29 is 41.0 Å². The number of pyridine rings is 1. The zero-order chi connectivity index (χ0) is 29.0. The molecule has 3 rings (SSSR count). The Morgan fingerprint density at radius 2 is 1.79 bits per heavy atom. The smallest absolute Gasteiger partial charge is 0.418 e. The summed E-state index contributed by atoms with van der Waals surface area (Å²) in [6.07, 6.45) is -2.86. The summed E-state index contributed by atoms with van der Waals surface area (Å²) in [6.45, 7) is 6.18. The van der Waals surface area contributed by atoms with Crippen LogP contribution < -0.4 is 20.7 Å². The van der Waals surface area contributed by atoms with Gasteiger partial charge in [-0.25, -0.2) is 18.6 Å². The molecular formula is C24H28F5N5O4Si. The van der Waals surface area contributed by atoms with Gasteiger partial charge in [-0.15, -0.1) is 0 Å². The molecule has 0 saturated heterocycles. The highest BCUT2D eigenvalue weighted by atomic mass is 28.3. The summed E-state index contributed by atoms with van der Waals surface area (Å²) in [6, 6.07) is 2.40. The summed E-state index contributed by atoms with van der Waals surface area (Å²) in [7, 11) is -0.0654. The van der Waals surface area contributed by atoms with Crippen molar-refractivity contribution in [3.05, 3.63) is 47.8 Å². The second-order valence-electron chi connectivity index (χ2n) is 9.72. The van der Waals surface area contributed by atoms with Crippen molar-refractivity contribution in [2.24, 2.45) is 0 Å². The molecule has 3 N–H and O–H groups in total. The number of aromatic nitrogens is 2. The predicted octanol–water partition coefficient (Wildman–Crippen LogP) is 5.31. The molecule has 2 aromatic heterocycles. The molecule has 0 aliphatic carbocycles. The number of hydrogen-bond donors (Lipinski definition) is 3. The van der Waals surface area contributed by atoms with Crippen molar-refractivity contribution in [3.63, 3.8) is 0 Å². The maximum absolute atomic E-state index is 14.8. The number of rotatable bonds is 10. The first-order chi connectivity index (χ1) is 18.2. The summed E-state index contributed by atoms with van der Waals surface area (Å²) < 4.78 is 83.4. The fourth-order valence-electron chi connectivity index (χ4n) is 3.39. The fraction of sp³-hybridized carbons (Fsp3) is 0.375. The number of nitrogens with one attached hydrogen (secondary N) is 3. The molecule has 0 unspecified atom stereocenters. The summed E-state index contributed by atoms with van der Waals surface area (Å²) in [4.78, 5) is 27.1. The van der Waals surface area contributed by atoms with Crippen LogP contribution in [0.25, 0.3) is 11.0 Å². The van der Waals surface area contributed by atoms with E-state index in [0.29, 0.717) is 6.61 Å². The molecule has 212 valence electrons. The molecule has 0 radical (unpaired) electrons. The molecule has 0 aliphatic heterocycles. The highest BCUT2D eigenvalue weighted by Gasteiger charge is 2.37. The SMILES string of the molecule is CNC(=O)CNC(=O)Nc1cc(F)c(Oc2ccnc3c2c(C(F)(F)F)cn3COCC[Si](C)(C)C)c(F)c1. The zero-order valence-electron chi connectivity index (χ0n) is 21.6. The molecule has 0 saturated carbocycles. The zero-order valence-corrected chi connectivity index (χ0v) is 22.6. The van der Waals surface area contributed by atoms with Gasteiger partial charge in [-0.2, -0.15) is 13.2 Å². The molecule has 0 fully saturated rings. The number of amides is 3. The van der Waals surface area contributed by atoms with E-state index in [2.05, 4.69) is 40.6 Å². The Kier molecular flexibility index (Phi) is 9.17. The number of benzene rings is 1. The second kappa shape index (κ2) is 12.0. The first kappa shape index (κ1) is 29.8. The van der Waals surface area contributed by atoms with Gasteiger partial charge >= 0.3 is 12.2 Å². The van der Waals surface area contributed by atoms with E-state index in [1.807, 2.05) is 0 Å². The van der Waals surface area contributed by atoms with Crippen molar-refractivity contribution in [2.75, 3.05) is 25.5 Å². The Morgan fingerprint density at radius 1 is 1.13 bits per heavy atom. The minimum atomic E-state index is -4.82. The van der Waals surface area contributed by atoms with Crippen LogP contribution in [0, 0.1) is 11.6 Å². The van der Waals surface area contributed by atoms with Crippen LogP contribution >= 0.6 is 0 Å². The van der Waals surface area contributed by atoms with Crippen molar-refractivity contribution in [1.82, 2.24) is 20.2 Å². The Hall–Kier alpha value is -3.72. The number of alkyl halides is 3. The van der Waals surface area contributed by atoms with Gasteiger partial charge in [0.25, 0.3) is 0 Å². The quantitative estimate of drug-likeness (QED) is 0.173. The number of likely N-dealkylation sites (N-methyl/N-ethyl adjacent to an activating group) is 1. The van der Waals surface area contributed by atoms with Crippen molar-refractivity contribution >= 4 is 36.7 Å². The van der Waals surface area contributed by atoms with Gasteiger partial charge in [0.05, 0.1) is 17.5 Å². The van der Waals surface area contributed by atoms with Crippen LogP contribution in [0.4, 0.5) is 32.4 Å². The topological polar surface area (TPSA) is 107 Å². The minimum Gasteiger partial charge on any atom is -0.450 e. The van der Waals surface area contributed by atoms with Gasteiger partial charge < -0.3 is 30.0 Å². The van der Waals surface area contributed by atoms with E-state index in [1.165, 1.54) is 7.05 Å². The average Bonchev–Trinajstić information content (AvgIpc) is 3.22. The lowest BCUT2D eigenvalue weighted by molar-refractivity contribution is -0.136. The van der Waals surface area contributed by atoms with Crippen LogP contribution in [0.5, 0.6) is 11.5 Å². The molecule has 9 nitrogen and oxygen atoms in total. The van der Waals surface area contributed by atoms with Gasteiger partial charge in [0.2, 0.25) is 5.91 Å². The number of fused-ring (bicyclic) bond motifs is 1. The van der Waals surface area contributed by atoms with Gasteiger partial charge in [0.15, 0.2) is 17.4 Å². The van der Waals surface area contributed by atoms with Crippen molar-refractivity contribution in [2.45, 2.75) is 38.6 Å². The third-order valence-electron chi connectivity index (χ3n) is 5.41. The van der Waals surface area contributed by atoms with E-state index in [1.54, 1.807) is 0 Å². The van der Waals surface area contributed by atoms with Crippen LogP contribution in [-0.4, -0.2) is 49.8 Å². The molecule has 0 atom stereocenters. The van der Waals surface area contributed by atoms with Crippen LogP contribution in [0.3, 0.4) is 0 Å². The summed E-state index contributed by atoms with van der Waals surface area (Å²) in [5.41, 5.74) is -1.56. The molecular weight excluding hydrogens is 545 g/mol. The summed E-state index contributed by atoms with van der Waals surface area (Å²) in [5, 5.41) is 6.12. The van der Waals surface area contributed by atoms with Crippen LogP contribution in [-0.2, 0) is 22.4 Å². The van der Waals surface area contributed by atoms with E-state index in [4.69, 9.17) is 9.47 Å². The van der Waals surface area contributed by atoms with Crippen LogP contribution in [0.1, 0.15) is 5.56 Å². The first-order valence-corrected chi connectivity index (χ1v) is 15.5. The molecule has 1 aromatic carbocycles. The lowest BCUT2D eigenvalue weighted by Crippen LogP contribution is -2.37. The largest absolute Gasteiger partial charge is 0.450 e. The van der Waals surface area contributed by atoms with Gasteiger partial charge in [-0.3, -0.25) is 4.79 Å². The molecule has 0 bridgehead atoms. The molecule has 3 aromatic rings. The predicted molar refractivity (Wildman–Crippen MR) is 136 cm³/mol. The standard InChI is InChI=1S/C24H28F5N5O4Si/c1-30-19(35)11-32-23(36)33-14-9-16(25)21(17(26)10-14)38-18-5-6-31-22-20(18)15(24(27,28)29)12-34(22)13-37-7-8-39(2,3)4/h5-6,9-10,12H,7-8,11,13H2,1-4H3,(H,30,35)(H2,32,33,36). The number of carbonyl (C=O) groups is 2. The lowest BCUT2D eigenvalue weighted by atomic mass is 10.2. The highest BCUT2D eigenvalue weighted by Crippen LogP contribution is 2.42. The third-order valence-corrected chi connectivity index (χ3v) is 7.11. The second-order valence-corrected chi connectivity index (χ2v) is 15.3. The monoisotopic (exact) mass is 573 g/mol.